The number of carbonyl (C=O) groups excluding carboxylic acids is 2. The number of hydrogen-bond acceptors (Lipinski definition) is 5. The molecule has 0 saturated heterocycles. The van der Waals surface area contributed by atoms with Crippen LogP contribution in [-0.4, -0.2) is 17.9 Å². The van der Waals surface area contributed by atoms with Gasteiger partial charge < -0.3 is 10.1 Å². The molecular formula is C24H24FNO3S. The number of rotatable bonds is 4. The summed E-state index contributed by atoms with van der Waals surface area (Å²) in [6.07, 6.45) is 0.674. The molecule has 156 valence electrons. The fourth-order valence-corrected chi connectivity index (χ4v) is 5.16. The zero-order valence-corrected chi connectivity index (χ0v) is 18.0. The number of ketones is 1. The van der Waals surface area contributed by atoms with Gasteiger partial charge in [-0.1, -0.05) is 24.3 Å². The SMILES string of the molecule is CC1=C(C(=O)OC(C)C)[C@@H](c2ccccc2F)C2=C(C[C@@H](c3cccs3)CC2=O)N1. The Kier molecular flexibility index (Phi) is 5.60. The molecular weight excluding hydrogens is 401 g/mol. The molecule has 0 radical (unpaired) electrons. The zero-order valence-electron chi connectivity index (χ0n) is 17.2. The van der Waals surface area contributed by atoms with Crippen molar-refractivity contribution >= 4 is 23.1 Å². The summed E-state index contributed by atoms with van der Waals surface area (Å²) in [6.45, 7) is 5.32. The van der Waals surface area contributed by atoms with Gasteiger partial charge in [0.15, 0.2) is 5.78 Å². The number of carbonyl (C=O) groups is 2. The van der Waals surface area contributed by atoms with Crippen molar-refractivity contribution in [1.82, 2.24) is 5.32 Å². The minimum absolute atomic E-state index is 0.0576. The van der Waals surface area contributed by atoms with Crippen molar-refractivity contribution in [1.29, 1.82) is 0 Å². The molecule has 30 heavy (non-hydrogen) atoms. The smallest absolute Gasteiger partial charge is 0.337 e. The van der Waals surface area contributed by atoms with E-state index in [-0.39, 0.29) is 17.8 Å². The van der Waals surface area contributed by atoms with E-state index in [4.69, 9.17) is 4.74 Å². The van der Waals surface area contributed by atoms with Gasteiger partial charge in [-0.25, -0.2) is 9.18 Å². The average Bonchev–Trinajstić information content (AvgIpc) is 3.21. The third-order valence-electron chi connectivity index (χ3n) is 5.55. The van der Waals surface area contributed by atoms with E-state index in [1.54, 1.807) is 50.3 Å². The molecule has 2 heterocycles. The first-order chi connectivity index (χ1) is 14.4. The maximum atomic E-state index is 14.9. The Morgan fingerprint density at radius 1 is 1.20 bits per heavy atom. The highest BCUT2D eigenvalue weighted by Crippen LogP contribution is 2.46. The van der Waals surface area contributed by atoms with Crippen molar-refractivity contribution in [2.45, 2.75) is 51.6 Å². The number of benzene rings is 1. The van der Waals surface area contributed by atoms with E-state index in [1.165, 1.54) is 6.07 Å². The predicted molar refractivity (Wildman–Crippen MR) is 115 cm³/mol. The lowest BCUT2D eigenvalue weighted by Gasteiger charge is -2.36. The molecule has 0 bridgehead atoms. The average molecular weight is 426 g/mol. The standard InChI is InChI=1S/C24H24FNO3S/c1-13(2)29-24(28)21-14(3)26-18-11-15(20-9-6-10-30-20)12-19(27)23(18)22(21)16-7-4-5-8-17(16)25/h4-10,13,15,22,26H,11-12H2,1-3H3/t15-,22-/m1/s1. The van der Waals surface area contributed by atoms with E-state index < -0.39 is 17.7 Å². The van der Waals surface area contributed by atoms with Crippen LogP contribution in [0.3, 0.4) is 0 Å². The van der Waals surface area contributed by atoms with Gasteiger partial charge in [0.2, 0.25) is 0 Å². The quantitative estimate of drug-likeness (QED) is 0.684. The number of halogens is 1. The van der Waals surface area contributed by atoms with Gasteiger partial charge in [0.25, 0.3) is 0 Å². The molecule has 0 fully saturated rings. The van der Waals surface area contributed by atoms with Gasteiger partial charge in [0.05, 0.1) is 17.6 Å². The van der Waals surface area contributed by atoms with Gasteiger partial charge in [-0.3, -0.25) is 4.79 Å². The molecule has 0 amide bonds. The highest BCUT2D eigenvalue weighted by atomic mass is 32.1. The van der Waals surface area contributed by atoms with E-state index in [9.17, 15) is 14.0 Å². The first kappa shape index (κ1) is 20.5. The van der Waals surface area contributed by atoms with E-state index >= 15 is 0 Å². The van der Waals surface area contributed by atoms with Crippen LogP contribution in [-0.2, 0) is 14.3 Å². The summed E-state index contributed by atoms with van der Waals surface area (Å²) in [5, 5.41) is 5.29. The van der Waals surface area contributed by atoms with Gasteiger partial charge in [0.1, 0.15) is 5.82 Å². The monoisotopic (exact) mass is 425 g/mol. The number of allylic oxidation sites excluding steroid dienone is 3. The van der Waals surface area contributed by atoms with Gasteiger partial charge in [-0.2, -0.15) is 0 Å². The van der Waals surface area contributed by atoms with Crippen LogP contribution >= 0.6 is 11.3 Å². The fourth-order valence-electron chi connectivity index (χ4n) is 4.33. The number of ether oxygens (including phenoxy) is 1. The van der Waals surface area contributed by atoms with Crippen LogP contribution in [0.5, 0.6) is 0 Å². The zero-order chi connectivity index (χ0) is 21.4. The summed E-state index contributed by atoms with van der Waals surface area (Å²) in [7, 11) is 0. The van der Waals surface area contributed by atoms with Crippen LogP contribution in [0.1, 0.15) is 55.9 Å². The van der Waals surface area contributed by atoms with Gasteiger partial charge in [-0.15, -0.1) is 11.3 Å². The van der Waals surface area contributed by atoms with E-state index in [1.807, 2.05) is 17.5 Å². The summed E-state index contributed by atoms with van der Waals surface area (Å²) >= 11 is 1.63. The molecule has 4 nitrogen and oxygen atoms in total. The number of thiophene rings is 1. The Balaban J connectivity index is 1.83. The second kappa shape index (κ2) is 8.19. The van der Waals surface area contributed by atoms with Gasteiger partial charge in [-0.05, 0) is 44.7 Å². The molecule has 4 rings (SSSR count). The topological polar surface area (TPSA) is 55.4 Å². The van der Waals surface area contributed by atoms with E-state index in [0.29, 0.717) is 35.2 Å². The van der Waals surface area contributed by atoms with Gasteiger partial charge >= 0.3 is 5.97 Å². The van der Waals surface area contributed by atoms with Crippen LogP contribution in [0.4, 0.5) is 4.39 Å². The maximum Gasteiger partial charge on any atom is 0.337 e. The molecule has 2 atom stereocenters. The molecule has 1 aromatic carbocycles. The fraction of sp³-hybridized carbons (Fsp3) is 0.333. The summed E-state index contributed by atoms with van der Waals surface area (Å²) in [4.78, 5) is 27.5. The highest BCUT2D eigenvalue weighted by Gasteiger charge is 2.42. The predicted octanol–water partition coefficient (Wildman–Crippen LogP) is 5.20. The maximum absolute atomic E-state index is 14.9. The second-order valence-electron chi connectivity index (χ2n) is 8.01. The van der Waals surface area contributed by atoms with Crippen LogP contribution < -0.4 is 5.32 Å². The summed E-state index contributed by atoms with van der Waals surface area (Å²) in [6, 6.07) is 10.4. The van der Waals surface area contributed by atoms with E-state index in [2.05, 4.69) is 5.32 Å². The molecule has 0 saturated carbocycles. The Morgan fingerprint density at radius 3 is 2.63 bits per heavy atom. The molecule has 1 aromatic heterocycles. The van der Waals surface area contributed by atoms with Crippen molar-refractivity contribution in [3.8, 4) is 0 Å². The third kappa shape index (κ3) is 3.72. The van der Waals surface area contributed by atoms with Crippen LogP contribution in [0, 0.1) is 5.82 Å². The molecule has 6 heteroatoms. The molecule has 2 aromatic rings. The first-order valence-corrected chi connectivity index (χ1v) is 11.0. The van der Waals surface area contributed by atoms with Crippen LogP contribution in [0.15, 0.2) is 64.3 Å². The Bertz CT molecular complexity index is 1050. The number of hydrogen-bond donors (Lipinski definition) is 1. The Morgan fingerprint density at radius 2 is 1.97 bits per heavy atom. The molecule has 0 spiro atoms. The van der Waals surface area contributed by atoms with Crippen LogP contribution in [0.2, 0.25) is 0 Å². The Hall–Kier alpha value is -2.73. The summed E-state index contributed by atoms with van der Waals surface area (Å²) in [5.74, 6) is -1.71. The number of nitrogens with one attached hydrogen (secondary N) is 1. The normalized spacial score (nSPS) is 21.6. The number of esters is 1. The molecule has 1 N–H and O–H groups in total. The van der Waals surface area contributed by atoms with Crippen molar-refractivity contribution in [2.24, 2.45) is 0 Å². The molecule has 0 unspecified atom stereocenters. The number of Topliss-reactive ketones (excluding diaryl/α,β-unsaturated/α-hetero) is 1. The highest BCUT2D eigenvalue weighted by molar-refractivity contribution is 7.10. The summed E-state index contributed by atoms with van der Waals surface area (Å²) < 4.78 is 20.3. The number of dihydropyridines is 1. The lowest BCUT2D eigenvalue weighted by molar-refractivity contribution is -0.143. The van der Waals surface area contributed by atoms with Gasteiger partial charge in [0, 0.05) is 39.7 Å². The van der Waals surface area contributed by atoms with Crippen molar-refractivity contribution in [2.75, 3.05) is 0 Å². The second-order valence-corrected chi connectivity index (χ2v) is 8.99. The van der Waals surface area contributed by atoms with Crippen molar-refractivity contribution in [3.63, 3.8) is 0 Å². The molecule has 2 aliphatic rings. The molecule has 1 aliphatic heterocycles. The minimum atomic E-state index is -0.773. The molecule has 1 aliphatic carbocycles. The third-order valence-corrected chi connectivity index (χ3v) is 6.59. The largest absolute Gasteiger partial charge is 0.460 e. The van der Waals surface area contributed by atoms with Crippen molar-refractivity contribution in [3.05, 3.63) is 80.6 Å². The van der Waals surface area contributed by atoms with Crippen molar-refractivity contribution < 1.29 is 18.7 Å². The first-order valence-electron chi connectivity index (χ1n) is 10.1. The minimum Gasteiger partial charge on any atom is -0.460 e. The lowest BCUT2D eigenvalue weighted by atomic mass is 9.72. The van der Waals surface area contributed by atoms with Crippen LogP contribution in [0.25, 0.3) is 0 Å². The Labute approximate surface area is 179 Å². The van der Waals surface area contributed by atoms with E-state index in [0.717, 1.165) is 10.6 Å². The summed E-state index contributed by atoms with van der Waals surface area (Å²) in [5.41, 5.74) is 2.48. The lowest BCUT2D eigenvalue weighted by Crippen LogP contribution is -2.36.